The Morgan fingerprint density at radius 2 is 0.811 bits per heavy atom. The second-order valence-electron chi connectivity index (χ2n) is 21.0. The van der Waals surface area contributed by atoms with E-state index in [0.717, 1.165) is 96.3 Å². The molecule has 0 rings (SSSR count). The molecule has 0 aliphatic rings. The quantitative estimate of drug-likeness (QED) is 0.0243. The molecule has 0 radical (unpaired) electrons. The molecule has 0 saturated heterocycles. The van der Waals surface area contributed by atoms with E-state index in [1.165, 1.54) is 116 Å². The highest BCUT2D eigenvalue weighted by Gasteiger charge is 2.27. The Morgan fingerprint density at radius 1 is 0.473 bits per heavy atom. The second kappa shape index (κ2) is 54.7. The minimum atomic E-state index is -4.35. The van der Waals surface area contributed by atoms with Gasteiger partial charge in [-0.3, -0.25) is 13.8 Å². The third-order valence-electron chi connectivity index (χ3n) is 12.7. The van der Waals surface area contributed by atoms with Gasteiger partial charge in [0.1, 0.15) is 13.2 Å². The van der Waals surface area contributed by atoms with Crippen molar-refractivity contribution in [2.24, 2.45) is 0 Å². The van der Waals surface area contributed by atoms with Crippen molar-refractivity contribution < 1.29 is 32.9 Å². The van der Waals surface area contributed by atoms with Gasteiger partial charge in [0.15, 0.2) is 0 Å². The molecule has 8 nitrogen and oxygen atoms in total. The molecule has 0 bridgehead atoms. The van der Waals surface area contributed by atoms with Crippen LogP contribution in [-0.2, 0) is 18.4 Å². The Kier molecular flexibility index (Phi) is 52.4. The highest BCUT2D eigenvalue weighted by molar-refractivity contribution is 7.47. The number of unbranched alkanes of at least 4 members (excludes halogenated alkanes) is 22. The Bertz CT molecular complexity index is 1620. The summed E-state index contributed by atoms with van der Waals surface area (Å²) < 4.78 is 23.6. The van der Waals surface area contributed by atoms with Crippen LogP contribution in [0.15, 0.2) is 122 Å². The number of rotatable bonds is 53. The molecule has 0 aliphatic heterocycles. The minimum absolute atomic E-state index is 0.0570. The number of likely N-dealkylation sites (N-methyl/N-ethyl adjacent to an activating group) is 1. The zero-order chi connectivity index (χ0) is 54.2. The summed E-state index contributed by atoms with van der Waals surface area (Å²) in [5.41, 5.74) is 0. The summed E-state index contributed by atoms with van der Waals surface area (Å²) in [4.78, 5) is 23.2. The van der Waals surface area contributed by atoms with Crippen LogP contribution in [0, 0.1) is 0 Å². The van der Waals surface area contributed by atoms with Crippen LogP contribution >= 0.6 is 7.82 Å². The highest BCUT2D eigenvalue weighted by Crippen LogP contribution is 2.43. The van der Waals surface area contributed by atoms with Crippen LogP contribution in [0.2, 0.25) is 0 Å². The van der Waals surface area contributed by atoms with E-state index in [1.807, 2.05) is 27.2 Å². The Morgan fingerprint density at radius 3 is 1.19 bits per heavy atom. The standard InChI is InChI=1S/C65H113N2O6P/c1-6-8-10-12-14-16-18-19-20-21-22-23-24-25-26-27-28-29-30-31-32-33-34-35-36-37-38-39-40-41-42-43-44-45-46-47-49-51-53-55-57-59-65(69)66-63(62-73-74(70,71)72-61-60-67(3,4)5)64(68)58-56-54-52-50-48-17-15-13-11-9-7-2/h8,10,14,16,19-20,22-23,25-26,28-29,31-32,34-35,37-38,56,58,63-64,68H,6-7,9,11-13,15,17-18,21,24,27,30,33,36,39-55,57,59-62H2,1-5H3,(H-,66,69,70,71)/p+1/b10-8-,16-14-,20-19-,23-22-,26-25-,29-28-,32-31-,35-34-,38-37-,58-56+. The third kappa shape index (κ3) is 56.6. The first-order valence-corrected chi connectivity index (χ1v) is 31.4. The van der Waals surface area contributed by atoms with Gasteiger partial charge in [0.05, 0.1) is 39.9 Å². The van der Waals surface area contributed by atoms with Crippen LogP contribution < -0.4 is 5.32 Å². The van der Waals surface area contributed by atoms with Crippen LogP contribution in [0.5, 0.6) is 0 Å². The fourth-order valence-corrected chi connectivity index (χ4v) is 8.77. The summed E-state index contributed by atoms with van der Waals surface area (Å²) in [6.45, 7) is 4.67. The number of aliphatic hydroxyl groups excluding tert-OH is 1. The van der Waals surface area contributed by atoms with Crippen molar-refractivity contribution in [3.63, 3.8) is 0 Å². The van der Waals surface area contributed by atoms with Gasteiger partial charge >= 0.3 is 7.82 Å². The molecule has 0 saturated carbocycles. The molecule has 0 spiro atoms. The van der Waals surface area contributed by atoms with Gasteiger partial charge in [0.2, 0.25) is 5.91 Å². The molecule has 9 heteroatoms. The van der Waals surface area contributed by atoms with Crippen molar-refractivity contribution in [3.8, 4) is 0 Å². The van der Waals surface area contributed by atoms with Gasteiger partial charge in [0.25, 0.3) is 0 Å². The van der Waals surface area contributed by atoms with E-state index in [2.05, 4.69) is 129 Å². The van der Waals surface area contributed by atoms with Crippen LogP contribution in [0.25, 0.3) is 0 Å². The van der Waals surface area contributed by atoms with Gasteiger partial charge in [-0.05, 0) is 89.9 Å². The number of nitrogens with zero attached hydrogens (tertiary/aromatic N) is 1. The lowest BCUT2D eigenvalue weighted by Gasteiger charge is -2.25. The van der Waals surface area contributed by atoms with Crippen LogP contribution in [0.1, 0.15) is 232 Å². The second-order valence-corrected chi connectivity index (χ2v) is 22.4. The molecular formula is C65H114N2O6P+. The third-order valence-corrected chi connectivity index (χ3v) is 13.7. The number of allylic oxidation sites excluding steroid dienone is 19. The molecule has 0 aromatic carbocycles. The lowest BCUT2D eigenvalue weighted by molar-refractivity contribution is -0.870. The number of phosphoric acid groups is 1. The molecule has 3 unspecified atom stereocenters. The first-order valence-electron chi connectivity index (χ1n) is 29.9. The van der Waals surface area contributed by atoms with Crippen LogP contribution in [-0.4, -0.2) is 73.4 Å². The smallest absolute Gasteiger partial charge is 0.387 e. The fourth-order valence-electron chi connectivity index (χ4n) is 8.03. The molecule has 0 aromatic rings. The van der Waals surface area contributed by atoms with E-state index in [-0.39, 0.29) is 19.1 Å². The first kappa shape index (κ1) is 70.9. The van der Waals surface area contributed by atoms with E-state index in [1.54, 1.807) is 6.08 Å². The molecule has 74 heavy (non-hydrogen) atoms. The molecule has 3 atom stereocenters. The molecule has 0 heterocycles. The topological polar surface area (TPSA) is 105 Å². The summed E-state index contributed by atoms with van der Waals surface area (Å²) >= 11 is 0. The van der Waals surface area contributed by atoms with Crippen molar-refractivity contribution in [2.45, 2.75) is 244 Å². The number of hydrogen-bond donors (Lipinski definition) is 3. The maximum absolute atomic E-state index is 12.9. The fraction of sp³-hybridized carbons (Fsp3) is 0.677. The van der Waals surface area contributed by atoms with E-state index in [4.69, 9.17) is 9.05 Å². The highest BCUT2D eigenvalue weighted by atomic mass is 31.2. The summed E-state index contributed by atoms with van der Waals surface area (Å²) in [6.07, 6.45) is 81.7. The number of amides is 1. The van der Waals surface area contributed by atoms with Crippen molar-refractivity contribution in [1.29, 1.82) is 0 Å². The molecule has 424 valence electrons. The lowest BCUT2D eigenvalue weighted by atomic mass is 10.0. The molecule has 3 N–H and O–H groups in total. The normalized spacial score (nSPS) is 14.7. The number of hydrogen-bond acceptors (Lipinski definition) is 5. The van der Waals surface area contributed by atoms with Crippen molar-refractivity contribution >= 4 is 13.7 Å². The summed E-state index contributed by atoms with van der Waals surface area (Å²) in [7, 11) is 1.56. The van der Waals surface area contributed by atoms with Crippen molar-refractivity contribution in [2.75, 3.05) is 40.9 Å². The van der Waals surface area contributed by atoms with E-state index >= 15 is 0 Å². The average molecular weight is 1050 g/mol. The predicted octanol–water partition coefficient (Wildman–Crippen LogP) is 18.5. The van der Waals surface area contributed by atoms with Crippen LogP contribution in [0.4, 0.5) is 0 Å². The van der Waals surface area contributed by atoms with Crippen molar-refractivity contribution in [1.82, 2.24) is 5.32 Å². The van der Waals surface area contributed by atoms with Gasteiger partial charge in [0, 0.05) is 6.42 Å². The van der Waals surface area contributed by atoms with Gasteiger partial charge in [-0.25, -0.2) is 4.57 Å². The number of carbonyl (C=O) groups is 1. The Balaban J connectivity index is 4.00. The molecule has 0 aliphatic carbocycles. The van der Waals surface area contributed by atoms with Gasteiger partial charge in [-0.15, -0.1) is 0 Å². The summed E-state index contributed by atoms with van der Waals surface area (Å²) in [6, 6.07) is -0.852. The molecule has 1 amide bonds. The van der Waals surface area contributed by atoms with Gasteiger partial charge in [-0.2, -0.15) is 0 Å². The predicted molar refractivity (Wildman–Crippen MR) is 322 cm³/mol. The zero-order valence-corrected chi connectivity index (χ0v) is 49.2. The number of quaternary nitrogens is 1. The van der Waals surface area contributed by atoms with Gasteiger partial charge in [-0.1, -0.05) is 257 Å². The number of carbonyl (C=O) groups excluding carboxylic acids is 1. The summed E-state index contributed by atoms with van der Waals surface area (Å²) in [5, 5.41) is 13.9. The lowest BCUT2D eigenvalue weighted by Crippen LogP contribution is -2.45. The Labute approximate surface area is 456 Å². The summed E-state index contributed by atoms with van der Waals surface area (Å²) in [5.74, 6) is -0.184. The molecule has 0 aromatic heterocycles. The number of aliphatic hydroxyl groups is 1. The SMILES string of the molecule is CC/C=C\C/C=C\C/C=C\C/C=C\C/C=C\C/C=C\C/C=C\C/C=C\C/C=C\CCCCCCCCCCCCCCCC(=O)NC(COP(=O)(O)OCC[N+](C)(C)C)C(O)/C=C/CCCCCCCCCCC. The zero-order valence-electron chi connectivity index (χ0n) is 48.3. The average Bonchev–Trinajstić information content (AvgIpc) is 3.36. The maximum atomic E-state index is 12.9. The Hall–Kier alpha value is -3.10. The van der Waals surface area contributed by atoms with E-state index in [9.17, 15) is 19.4 Å². The number of phosphoric ester groups is 1. The number of nitrogens with one attached hydrogen (secondary N) is 1. The largest absolute Gasteiger partial charge is 0.472 e. The van der Waals surface area contributed by atoms with Crippen LogP contribution in [0.3, 0.4) is 0 Å². The van der Waals surface area contributed by atoms with Crippen molar-refractivity contribution in [3.05, 3.63) is 122 Å². The van der Waals surface area contributed by atoms with Gasteiger partial charge < -0.3 is 19.8 Å². The van der Waals surface area contributed by atoms with E-state index < -0.39 is 20.0 Å². The first-order chi connectivity index (χ1) is 36.0. The minimum Gasteiger partial charge on any atom is -0.387 e. The molecular weight excluding hydrogens is 936 g/mol. The van der Waals surface area contributed by atoms with E-state index in [0.29, 0.717) is 17.4 Å². The molecule has 0 fully saturated rings. The monoisotopic (exact) mass is 1050 g/mol. The maximum Gasteiger partial charge on any atom is 0.472 e.